The van der Waals surface area contributed by atoms with Crippen LogP contribution in [0.5, 0.6) is 0 Å². The fourth-order valence-corrected chi connectivity index (χ4v) is 3.72. The Kier molecular flexibility index (Phi) is 5.58. The Morgan fingerprint density at radius 3 is 2.44 bits per heavy atom. The highest BCUT2D eigenvalue weighted by molar-refractivity contribution is 8.02. The Hall–Kier alpha value is -0.890. The van der Waals surface area contributed by atoms with Crippen molar-refractivity contribution in [3.8, 4) is 0 Å². The van der Waals surface area contributed by atoms with E-state index in [1.54, 1.807) is 11.8 Å². The fourth-order valence-electron chi connectivity index (χ4n) is 3.02. The van der Waals surface area contributed by atoms with Crippen LogP contribution in [0.3, 0.4) is 0 Å². The van der Waals surface area contributed by atoms with Gasteiger partial charge in [0.15, 0.2) is 11.6 Å². The van der Waals surface area contributed by atoms with E-state index in [2.05, 4.69) is 0 Å². The van der Waals surface area contributed by atoms with Crippen LogP contribution in [-0.2, 0) is 18.9 Å². The standard InChI is InChI=1S/C19H26O5S/c1-18(2)21-12-15(23-18)16(20)17-14(22-19(3,4)24-17)10-11-25-13-8-6-5-7-9-13/h5-11,14-17,20H,12H2,1-4H3/b11-10+. The average Bonchev–Trinajstić information content (AvgIpc) is 3.06. The van der Waals surface area contributed by atoms with Gasteiger partial charge in [-0.15, -0.1) is 0 Å². The molecule has 2 saturated heterocycles. The molecule has 0 amide bonds. The molecule has 5 nitrogen and oxygen atoms in total. The van der Waals surface area contributed by atoms with E-state index in [4.69, 9.17) is 18.9 Å². The van der Waals surface area contributed by atoms with Gasteiger partial charge in [-0.3, -0.25) is 0 Å². The van der Waals surface area contributed by atoms with E-state index in [0.29, 0.717) is 6.61 Å². The van der Waals surface area contributed by atoms with Gasteiger partial charge in [-0.25, -0.2) is 0 Å². The number of rotatable bonds is 5. The number of ether oxygens (including phenoxy) is 4. The van der Waals surface area contributed by atoms with Crippen molar-refractivity contribution in [2.24, 2.45) is 0 Å². The Bertz CT molecular complexity index is 601. The first kappa shape index (κ1) is 18.9. The van der Waals surface area contributed by atoms with Crippen LogP contribution in [0.4, 0.5) is 0 Å². The number of thioether (sulfide) groups is 1. The SMILES string of the molecule is CC1(C)OCC(C(O)C2OC(C)(C)OC2/C=C/Sc2ccccc2)O1. The summed E-state index contributed by atoms with van der Waals surface area (Å²) in [6.45, 7) is 7.71. The summed E-state index contributed by atoms with van der Waals surface area (Å²) in [5.74, 6) is -1.44. The van der Waals surface area contributed by atoms with Crippen molar-refractivity contribution < 1.29 is 24.1 Å². The maximum atomic E-state index is 10.7. The first-order chi connectivity index (χ1) is 11.8. The average molecular weight is 366 g/mol. The lowest BCUT2D eigenvalue weighted by atomic mass is 10.0. The molecule has 4 atom stereocenters. The summed E-state index contributed by atoms with van der Waals surface area (Å²) >= 11 is 1.60. The lowest BCUT2D eigenvalue weighted by Crippen LogP contribution is -2.44. The smallest absolute Gasteiger partial charge is 0.164 e. The number of hydrogen-bond donors (Lipinski definition) is 1. The molecule has 1 aromatic carbocycles. The van der Waals surface area contributed by atoms with Gasteiger partial charge in [-0.1, -0.05) is 30.0 Å². The van der Waals surface area contributed by atoms with Gasteiger partial charge in [0.25, 0.3) is 0 Å². The topological polar surface area (TPSA) is 57.2 Å². The summed E-state index contributed by atoms with van der Waals surface area (Å²) in [7, 11) is 0. The molecule has 25 heavy (non-hydrogen) atoms. The summed E-state index contributed by atoms with van der Waals surface area (Å²) in [5, 5.41) is 12.7. The first-order valence-electron chi connectivity index (χ1n) is 8.50. The molecule has 2 heterocycles. The molecule has 138 valence electrons. The van der Waals surface area contributed by atoms with Crippen LogP contribution in [-0.4, -0.2) is 47.7 Å². The summed E-state index contributed by atoms with van der Waals surface area (Å²) < 4.78 is 23.2. The maximum Gasteiger partial charge on any atom is 0.164 e. The predicted molar refractivity (Wildman–Crippen MR) is 96.2 cm³/mol. The molecule has 6 heteroatoms. The normalized spacial score (nSPS) is 32.3. The van der Waals surface area contributed by atoms with E-state index in [1.165, 1.54) is 0 Å². The van der Waals surface area contributed by atoms with E-state index < -0.39 is 29.9 Å². The van der Waals surface area contributed by atoms with Crippen molar-refractivity contribution in [2.75, 3.05) is 6.61 Å². The molecule has 1 N–H and O–H groups in total. The van der Waals surface area contributed by atoms with Gasteiger partial charge in [0, 0.05) is 4.90 Å². The molecule has 0 aliphatic carbocycles. The Labute approximate surface area is 153 Å². The van der Waals surface area contributed by atoms with Crippen molar-refractivity contribution >= 4 is 11.8 Å². The highest BCUT2D eigenvalue weighted by atomic mass is 32.2. The molecule has 0 saturated carbocycles. The number of hydrogen-bond acceptors (Lipinski definition) is 6. The van der Waals surface area contributed by atoms with Crippen LogP contribution in [0.2, 0.25) is 0 Å². The van der Waals surface area contributed by atoms with Crippen molar-refractivity contribution in [3.05, 3.63) is 41.8 Å². The highest BCUT2D eigenvalue weighted by Gasteiger charge is 2.48. The van der Waals surface area contributed by atoms with Gasteiger partial charge < -0.3 is 24.1 Å². The molecule has 0 spiro atoms. The molecule has 2 fully saturated rings. The van der Waals surface area contributed by atoms with Gasteiger partial charge in [-0.2, -0.15) is 0 Å². The molecule has 2 aliphatic rings. The van der Waals surface area contributed by atoms with Crippen LogP contribution < -0.4 is 0 Å². The van der Waals surface area contributed by atoms with Gasteiger partial charge in [0.2, 0.25) is 0 Å². The first-order valence-corrected chi connectivity index (χ1v) is 9.38. The quantitative estimate of drug-likeness (QED) is 0.807. The number of benzene rings is 1. The summed E-state index contributed by atoms with van der Waals surface area (Å²) in [4.78, 5) is 1.14. The maximum absolute atomic E-state index is 10.7. The zero-order chi connectivity index (χ0) is 18.1. The van der Waals surface area contributed by atoms with E-state index in [0.717, 1.165) is 4.90 Å². The molecule has 0 aromatic heterocycles. The molecule has 3 rings (SSSR count). The van der Waals surface area contributed by atoms with Crippen molar-refractivity contribution in [3.63, 3.8) is 0 Å². The molecular weight excluding hydrogens is 340 g/mol. The minimum Gasteiger partial charge on any atom is -0.387 e. The van der Waals surface area contributed by atoms with Crippen molar-refractivity contribution in [2.45, 2.75) is 68.6 Å². The summed E-state index contributed by atoms with van der Waals surface area (Å²) in [6.07, 6.45) is -0.199. The Morgan fingerprint density at radius 1 is 1.08 bits per heavy atom. The minimum atomic E-state index is -0.833. The second-order valence-corrected chi connectivity index (χ2v) is 8.16. The largest absolute Gasteiger partial charge is 0.387 e. The highest BCUT2D eigenvalue weighted by Crippen LogP contribution is 2.35. The second-order valence-electron chi connectivity index (χ2n) is 7.18. The zero-order valence-corrected chi connectivity index (χ0v) is 15.9. The van der Waals surface area contributed by atoms with Crippen molar-refractivity contribution in [1.29, 1.82) is 0 Å². The number of aliphatic hydroxyl groups is 1. The summed E-state index contributed by atoms with van der Waals surface area (Å²) in [5.41, 5.74) is 0. The Morgan fingerprint density at radius 2 is 1.80 bits per heavy atom. The van der Waals surface area contributed by atoms with E-state index in [-0.39, 0.29) is 6.10 Å². The summed E-state index contributed by atoms with van der Waals surface area (Å²) in [6, 6.07) is 10.1. The molecule has 0 radical (unpaired) electrons. The van der Waals surface area contributed by atoms with Crippen LogP contribution in [0, 0.1) is 0 Å². The van der Waals surface area contributed by atoms with Crippen LogP contribution in [0.1, 0.15) is 27.7 Å². The monoisotopic (exact) mass is 366 g/mol. The predicted octanol–water partition coefficient (Wildman–Crippen LogP) is 3.32. The third kappa shape index (κ3) is 4.84. The molecular formula is C19H26O5S. The van der Waals surface area contributed by atoms with E-state index in [9.17, 15) is 5.11 Å². The fraction of sp³-hybridized carbons (Fsp3) is 0.579. The van der Waals surface area contributed by atoms with Crippen LogP contribution in [0.15, 0.2) is 46.7 Å². The molecule has 0 bridgehead atoms. The number of aliphatic hydroxyl groups excluding tert-OH is 1. The van der Waals surface area contributed by atoms with Gasteiger partial charge in [0.05, 0.1) is 6.61 Å². The van der Waals surface area contributed by atoms with E-state index in [1.807, 2.05) is 69.5 Å². The third-order valence-corrected chi connectivity index (χ3v) is 4.96. The van der Waals surface area contributed by atoms with Crippen LogP contribution in [0.25, 0.3) is 0 Å². The Balaban J connectivity index is 1.66. The molecule has 4 unspecified atom stereocenters. The van der Waals surface area contributed by atoms with E-state index >= 15 is 0 Å². The second kappa shape index (κ2) is 7.39. The minimum absolute atomic E-state index is 0.337. The third-order valence-electron chi connectivity index (χ3n) is 4.13. The lowest BCUT2D eigenvalue weighted by molar-refractivity contribution is -0.178. The van der Waals surface area contributed by atoms with Crippen LogP contribution >= 0.6 is 11.8 Å². The van der Waals surface area contributed by atoms with Gasteiger partial charge >= 0.3 is 0 Å². The molecule has 1 aromatic rings. The zero-order valence-electron chi connectivity index (χ0n) is 15.0. The van der Waals surface area contributed by atoms with Gasteiger partial charge in [0.1, 0.15) is 24.4 Å². The molecule has 2 aliphatic heterocycles. The van der Waals surface area contributed by atoms with Gasteiger partial charge in [-0.05, 0) is 51.3 Å². The van der Waals surface area contributed by atoms with Crippen molar-refractivity contribution in [1.82, 2.24) is 0 Å². The lowest BCUT2D eigenvalue weighted by Gasteiger charge is -2.26.